The van der Waals surface area contributed by atoms with E-state index in [9.17, 15) is 4.39 Å². The van der Waals surface area contributed by atoms with Crippen molar-refractivity contribution in [2.24, 2.45) is 0 Å². The standard InChI is InChI=1S/C19H21FN2S/c1-14-6-2-3-7-17(14)19(12-4-5-13-19)22-18(23)21-16-10-8-15(20)9-11-16/h2-3,6-11H,4-5,12-13H2,1H3,(H2,21,22,23). The molecule has 1 saturated carbocycles. The van der Waals surface area contributed by atoms with Crippen molar-refractivity contribution in [3.05, 3.63) is 65.5 Å². The van der Waals surface area contributed by atoms with E-state index in [1.807, 2.05) is 0 Å². The predicted molar refractivity (Wildman–Crippen MR) is 97.1 cm³/mol. The van der Waals surface area contributed by atoms with Crippen LogP contribution in [-0.2, 0) is 5.54 Å². The number of hydrogen-bond donors (Lipinski definition) is 2. The van der Waals surface area contributed by atoms with Gasteiger partial charge in [-0.05, 0) is 67.4 Å². The maximum Gasteiger partial charge on any atom is 0.171 e. The molecule has 0 saturated heterocycles. The van der Waals surface area contributed by atoms with Crippen LogP contribution in [0.5, 0.6) is 0 Å². The minimum absolute atomic E-state index is 0.102. The summed E-state index contributed by atoms with van der Waals surface area (Å²) in [5, 5.41) is 7.29. The molecule has 3 rings (SSSR count). The third kappa shape index (κ3) is 3.53. The van der Waals surface area contributed by atoms with Gasteiger partial charge in [0.15, 0.2) is 5.11 Å². The summed E-state index contributed by atoms with van der Waals surface area (Å²) in [5.41, 5.74) is 3.30. The molecule has 2 aromatic carbocycles. The lowest BCUT2D eigenvalue weighted by molar-refractivity contribution is 0.406. The van der Waals surface area contributed by atoms with Gasteiger partial charge in [-0.25, -0.2) is 4.39 Å². The zero-order valence-electron chi connectivity index (χ0n) is 13.2. The average molecular weight is 328 g/mol. The van der Waals surface area contributed by atoms with E-state index in [2.05, 4.69) is 41.8 Å². The van der Waals surface area contributed by atoms with Crippen LogP contribution >= 0.6 is 12.2 Å². The highest BCUT2D eigenvalue weighted by molar-refractivity contribution is 7.80. The van der Waals surface area contributed by atoms with Crippen LogP contribution < -0.4 is 10.6 Å². The topological polar surface area (TPSA) is 24.1 Å². The number of halogens is 1. The van der Waals surface area contributed by atoms with Crippen LogP contribution in [0.1, 0.15) is 36.8 Å². The fourth-order valence-corrected chi connectivity index (χ4v) is 3.78. The quantitative estimate of drug-likeness (QED) is 0.785. The largest absolute Gasteiger partial charge is 0.353 e. The van der Waals surface area contributed by atoms with Crippen molar-refractivity contribution in [3.8, 4) is 0 Å². The van der Waals surface area contributed by atoms with E-state index >= 15 is 0 Å². The molecule has 23 heavy (non-hydrogen) atoms. The van der Waals surface area contributed by atoms with Crippen molar-refractivity contribution in [2.45, 2.75) is 38.1 Å². The molecular weight excluding hydrogens is 307 g/mol. The number of anilines is 1. The van der Waals surface area contributed by atoms with Crippen molar-refractivity contribution in [3.63, 3.8) is 0 Å². The molecule has 1 aliphatic rings. The monoisotopic (exact) mass is 328 g/mol. The van der Waals surface area contributed by atoms with Crippen molar-refractivity contribution < 1.29 is 4.39 Å². The van der Waals surface area contributed by atoms with E-state index in [0.29, 0.717) is 5.11 Å². The molecule has 2 N–H and O–H groups in total. The zero-order valence-corrected chi connectivity index (χ0v) is 14.0. The first-order valence-electron chi connectivity index (χ1n) is 8.00. The Hall–Kier alpha value is -1.94. The number of benzene rings is 2. The highest BCUT2D eigenvalue weighted by Gasteiger charge is 2.37. The molecule has 0 amide bonds. The summed E-state index contributed by atoms with van der Waals surface area (Å²) in [6, 6.07) is 14.7. The normalized spacial score (nSPS) is 16.1. The maximum atomic E-state index is 13.0. The third-order valence-electron chi connectivity index (χ3n) is 4.57. The Morgan fingerprint density at radius 2 is 1.70 bits per heavy atom. The second kappa shape index (κ2) is 6.67. The first-order chi connectivity index (χ1) is 11.1. The van der Waals surface area contributed by atoms with Gasteiger partial charge < -0.3 is 10.6 Å². The number of rotatable bonds is 3. The van der Waals surface area contributed by atoms with Crippen molar-refractivity contribution >= 4 is 23.0 Å². The molecule has 2 aromatic rings. The van der Waals surface area contributed by atoms with Crippen LogP contribution in [0.25, 0.3) is 0 Å². The molecule has 1 fully saturated rings. The zero-order chi connectivity index (χ0) is 16.3. The summed E-state index contributed by atoms with van der Waals surface area (Å²) in [4.78, 5) is 0. The Morgan fingerprint density at radius 1 is 1.04 bits per heavy atom. The number of nitrogens with one attached hydrogen (secondary N) is 2. The minimum atomic E-state index is -0.249. The van der Waals surface area contributed by atoms with Crippen molar-refractivity contribution in [1.29, 1.82) is 0 Å². The summed E-state index contributed by atoms with van der Waals surface area (Å²) in [6.07, 6.45) is 4.53. The van der Waals surface area contributed by atoms with Crippen LogP contribution in [0.3, 0.4) is 0 Å². The molecule has 0 heterocycles. The van der Waals surface area contributed by atoms with Gasteiger partial charge in [0.25, 0.3) is 0 Å². The van der Waals surface area contributed by atoms with Crippen LogP contribution in [-0.4, -0.2) is 5.11 Å². The van der Waals surface area contributed by atoms with Gasteiger partial charge in [0.05, 0.1) is 5.54 Å². The van der Waals surface area contributed by atoms with Gasteiger partial charge in [0, 0.05) is 5.69 Å². The maximum absolute atomic E-state index is 13.0. The number of hydrogen-bond acceptors (Lipinski definition) is 1. The van der Waals surface area contributed by atoms with Gasteiger partial charge in [0.1, 0.15) is 5.82 Å². The third-order valence-corrected chi connectivity index (χ3v) is 4.78. The molecule has 0 atom stereocenters. The number of aryl methyl sites for hydroxylation is 1. The predicted octanol–water partition coefficient (Wildman–Crippen LogP) is 4.89. The van der Waals surface area contributed by atoms with Crippen molar-refractivity contribution in [1.82, 2.24) is 5.32 Å². The van der Waals surface area contributed by atoms with Crippen LogP contribution in [0.4, 0.5) is 10.1 Å². The summed E-state index contributed by atoms with van der Waals surface area (Å²) in [6.45, 7) is 2.15. The van der Waals surface area contributed by atoms with Crippen LogP contribution in [0.15, 0.2) is 48.5 Å². The van der Waals surface area contributed by atoms with Crippen molar-refractivity contribution in [2.75, 3.05) is 5.32 Å². The summed E-state index contributed by atoms with van der Waals surface area (Å²) >= 11 is 5.50. The molecule has 0 bridgehead atoms. The Kier molecular flexibility index (Phi) is 4.62. The fourth-order valence-electron chi connectivity index (χ4n) is 3.46. The van der Waals surface area contributed by atoms with Gasteiger partial charge in [-0.1, -0.05) is 37.1 Å². The van der Waals surface area contributed by atoms with E-state index in [0.717, 1.165) is 18.5 Å². The molecule has 0 radical (unpaired) electrons. The van der Waals surface area contributed by atoms with Gasteiger partial charge in [-0.3, -0.25) is 0 Å². The van der Waals surface area contributed by atoms with Gasteiger partial charge in [-0.15, -0.1) is 0 Å². The van der Waals surface area contributed by atoms with E-state index < -0.39 is 0 Å². The number of thiocarbonyl (C=S) groups is 1. The second-order valence-electron chi connectivity index (χ2n) is 6.19. The van der Waals surface area contributed by atoms with Gasteiger partial charge in [-0.2, -0.15) is 0 Å². The smallest absolute Gasteiger partial charge is 0.171 e. The molecule has 120 valence electrons. The lowest BCUT2D eigenvalue weighted by Gasteiger charge is -2.33. The highest BCUT2D eigenvalue weighted by Crippen LogP contribution is 2.40. The molecular formula is C19H21FN2S. The first kappa shape index (κ1) is 15.9. The first-order valence-corrected chi connectivity index (χ1v) is 8.41. The Balaban J connectivity index is 1.79. The van der Waals surface area contributed by atoms with Crippen LogP contribution in [0.2, 0.25) is 0 Å². The van der Waals surface area contributed by atoms with Gasteiger partial charge in [0.2, 0.25) is 0 Å². The fraction of sp³-hybridized carbons (Fsp3) is 0.316. The SMILES string of the molecule is Cc1ccccc1C1(NC(=S)Nc2ccc(F)cc2)CCCC1. The summed E-state index contributed by atoms with van der Waals surface area (Å²) in [7, 11) is 0. The Labute approximate surface area is 142 Å². The van der Waals surface area contributed by atoms with E-state index in [4.69, 9.17) is 12.2 Å². The molecule has 4 heteroatoms. The molecule has 0 aliphatic heterocycles. The van der Waals surface area contributed by atoms with Crippen LogP contribution in [0, 0.1) is 12.7 Å². The highest BCUT2D eigenvalue weighted by atomic mass is 32.1. The summed E-state index contributed by atoms with van der Waals surface area (Å²) in [5.74, 6) is -0.249. The van der Waals surface area contributed by atoms with E-state index in [-0.39, 0.29) is 11.4 Å². The molecule has 0 spiro atoms. The van der Waals surface area contributed by atoms with E-state index in [1.54, 1.807) is 12.1 Å². The molecule has 0 unspecified atom stereocenters. The Bertz CT molecular complexity index is 691. The molecule has 2 nitrogen and oxygen atoms in total. The average Bonchev–Trinajstić information content (AvgIpc) is 2.99. The molecule has 1 aliphatic carbocycles. The minimum Gasteiger partial charge on any atom is -0.353 e. The second-order valence-corrected chi connectivity index (χ2v) is 6.60. The lowest BCUT2D eigenvalue weighted by Crippen LogP contribution is -2.46. The van der Waals surface area contributed by atoms with Gasteiger partial charge >= 0.3 is 0 Å². The summed E-state index contributed by atoms with van der Waals surface area (Å²) < 4.78 is 13.0. The lowest BCUT2D eigenvalue weighted by atomic mass is 9.85. The molecule has 0 aromatic heterocycles. The van der Waals surface area contributed by atoms with E-state index in [1.165, 1.54) is 36.1 Å². The Morgan fingerprint density at radius 3 is 2.35 bits per heavy atom.